The van der Waals surface area contributed by atoms with Gasteiger partial charge in [-0.15, -0.1) is 0 Å². The number of nitrogens with one attached hydrogen (secondary N) is 2. The highest BCUT2D eigenvalue weighted by atomic mass is 16.2. The number of amides is 1. The molecule has 0 saturated carbocycles. The Morgan fingerprint density at radius 1 is 1.13 bits per heavy atom. The number of para-hydroxylation sites is 1. The van der Waals surface area contributed by atoms with E-state index in [0.717, 1.165) is 22.5 Å². The average Bonchev–Trinajstić information content (AvgIpc) is 2.75. The molecule has 1 aromatic carbocycles. The van der Waals surface area contributed by atoms with Crippen LogP contribution in [-0.2, 0) is 0 Å². The number of hydrogen-bond acceptors (Lipinski definition) is 2. The lowest BCUT2D eigenvalue weighted by Gasteiger charge is -2.16. The summed E-state index contributed by atoms with van der Waals surface area (Å²) in [5.74, 6) is 0.0628. The molecule has 0 aliphatic heterocycles. The molecule has 1 heterocycles. The van der Waals surface area contributed by atoms with E-state index >= 15 is 0 Å². The number of benzene rings is 1. The van der Waals surface area contributed by atoms with Crippen LogP contribution in [0.3, 0.4) is 0 Å². The third-order valence-corrected chi connectivity index (χ3v) is 4.18. The van der Waals surface area contributed by atoms with Gasteiger partial charge < -0.3 is 10.3 Å². The summed E-state index contributed by atoms with van der Waals surface area (Å²) in [6.45, 7) is 11.3. The van der Waals surface area contributed by atoms with E-state index in [2.05, 4.69) is 24.1 Å². The number of anilines is 1. The lowest BCUT2D eigenvalue weighted by molar-refractivity contribution is 0.101. The summed E-state index contributed by atoms with van der Waals surface area (Å²) in [5, 5.41) is 3.02. The Balaban J connectivity index is 2.42. The summed E-state index contributed by atoms with van der Waals surface area (Å²) in [6.07, 6.45) is 0. The van der Waals surface area contributed by atoms with Crippen molar-refractivity contribution in [3.8, 4) is 0 Å². The molecule has 2 rings (SSSR count). The molecule has 23 heavy (non-hydrogen) atoms. The van der Waals surface area contributed by atoms with E-state index in [1.54, 1.807) is 6.92 Å². The quantitative estimate of drug-likeness (QED) is 0.815. The first-order chi connectivity index (χ1) is 10.7. The minimum absolute atomic E-state index is 0.0333. The molecular formula is C19H24N2O2. The van der Waals surface area contributed by atoms with Crippen molar-refractivity contribution >= 4 is 17.4 Å². The van der Waals surface area contributed by atoms with Gasteiger partial charge in [-0.1, -0.05) is 32.0 Å². The number of aromatic amines is 1. The molecule has 0 atom stereocenters. The van der Waals surface area contributed by atoms with Gasteiger partial charge >= 0.3 is 0 Å². The predicted octanol–water partition coefficient (Wildman–Crippen LogP) is 4.52. The Bertz CT molecular complexity index is 770. The highest BCUT2D eigenvalue weighted by Crippen LogP contribution is 2.28. The number of carbonyl (C=O) groups excluding carboxylic acids is 2. The maximum absolute atomic E-state index is 12.7. The lowest BCUT2D eigenvalue weighted by atomic mass is 9.98. The van der Waals surface area contributed by atoms with Crippen LogP contribution < -0.4 is 5.32 Å². The molecule has 1 aromatic heterocycles. The molecule has 0 bridgehead atoms. The molecule has 0 radical (unpaired) electrons. The van der Waals surface area contributed by atoms with Gasteiger partial charge in [0.1, 0.15) is 5.69 Å². The van der Waals surface area contributed by atoms with E-state index in [4.69, 9.17) is 0 Å². The number of aryl methyl sites for hydroxylation is 2. The van der Waals surface area contributed by atoms with Crippen LogP contribution in [0.4, 0.5) is 5.69 Å². The number of rotatable bonds is 4. The molecular weight excluding hydrogens is 288 g/mol. The molecule has 0 aliphatic carbocycles. The van der Waals surface area contributed by atoms with Crippen molar-refractivity contribution in [2.45, 2.75) is 47.5 Å². The second kappa shape index (κ2) is 6.41. The first-order valence-corrected chi connectivity index (χ1v) is 7.85. The fourth-order valence-electron chi connectivity index (χ4n) is 3.02. The smallest absolute Gasteiger partial charge is 0.272 e. The molecule has 122 valence electrons. The minimum Gasteiger partial charge on any atom is -0.354 e. The highest BCUT2D eigenvalue weighted by molar-refractivity contribution is 6.08. The Morgan fingerprint density at radius 3 is 2.30 bits per heavy atom. The number of ketones is 1. The van der Waals surface area contributed by atoms with E-state index in [1.807, 2.05) is 32.0 Å². The Labute approximate surface area is 137 Å². The fraction of sp³-hybridized carbons (Fsp3) is 0.368. The SMILES string of the molecule is CC(=O)c1c(C)[nH]c(C(=O)Nc2c(C)cccc2C(C)C)c1C. The average molecular weight is 312 g/mol. The molecule has 2 aromatic rings. The van der Waals surface area contributed by atoms with Crippen LogP contribution in [0.2, 0.25) is 0 Å². The second-order valence-electron chi connectivity index (χ2n) is 6.33. The lowest BCUT2D eigenvalue weighted by Crippen LogP contribution is -2.16. The van der Waals surface area contributed by atoms with Crippen LogP contribution in [0, 0.1) is 20.8 Å². The number of aromatic nitrogens is 1. The summed E-state index contributed by atoms with van der Waals surface area (Å²) in [4.78, 5) is 27.5. The van der Waals surface area contributed by atoms with Crippen LogP contribution in [0.25, 0.3) is 0 Å². The van der Waals surface area contributed by atoms with Gasteiger partial charge in [0.15, 0.2) is 5.78 Å². The zero-order chi connectivity index (χ0) is 17.3. The normalized spacial score (nSPS) is 10.9. The third-order valence-electron chi connectivity index (χ3n) is 4.18. The summed E-state index contributed by atoms with van der Waals surface area (Å²) in [5.41, 5.74) is 5.46. The summed E-state index contributed by atoms with van der Waals surface area (Å²) in [6, 6.07) is 6.01. The van der Waals surface area contributed by atoms with Crippen molar-refractivity contribution in [2.24, 2.45) is 0 Å². The molecule has 0 unspecified atom stereocenters. The summed E-state index contributed by atoms with van der Waals surface area (Å²) < 4.78 is 0. The number of hydrogen-bond donors (Lipinski definition) is 2. The summed E-state index contributed by atoms with van der Waals surface area (Å²) >= 11 is 0. The molecule has 4 heteroatoms. The summed E-state index contributed by atoms with van der Waals surface area (Å²) in [7, 11) is 0. The molecule has 0 fully saturated rings. The largest absolute Gasteiger partial charge is 0.354 e. The molecule has 0 spiro atoms. The van der Waals surface area contributed by atoms with Gasteiger partial charge in [-0.2, -0.15) is 0 Å². The first-order valence-electron chi connectivity index (χ1n) is 7.85. The fourth-order valence-corrected chi connectivity index (χ4v) is 3.02. The molecule has 0 saturated heterocycles. The molecule has 4 nitrogen and oxygen atoms in total. The van der Waals surface area contributed by atoms with Gasteiger partial charge in [-0.3, -0.25) is 9.59 Å². The van der Waals surface area contributed by atoms with Crippen LogP contribution in [0.15, 0.2) is 18.2 Å². The second-order valence-corrected chi connectivity index (χ2v) is 6.33. The van der Waals surface area contributed by atoms with Crippen LogP contribution >= 0.6 is 0 Å². The van der Waals surface area contributed by atoms with Crippen LogP contribution in [0.5, 0.6) is 0 Å². The monoisotopic (exact) mass is 312 g/mol. The van der Waals surface area contributed by atoms with Crippen molar-refractivity contribution in [3.63, 3.8) is 0 Å². The van der Waals surface area contributed by atoms with Gasteiger partial charge in [0.25, 0.3) is 5.91 Å². The Morgan fingerprint density at radius 2 is 1.78 bits per heavy atom. The zero-order valence-corrected chi connectivity index (χ0v) is 14.6. The van der Waals surface area contributed by atoms with Gasteiger partial charge in [-0.25, -0.2) is 0 Å². The standard InChI is InChI=1S/C19H24N2O2/c1-10(2)15-9-7-8-11(3)17(15)21-19(23)18-12(4)16(14(6)22)13(5)20-18/h7-10,20H,1-6H3,(H,21,23). The van der Waals surface area contributed by atoms with E-state index in [9.17, 15) is 9.59 Å². The molecule has 0 aliphatic rings. The van der Waals surface area contributed by atoms with Crippen LogP contribution in [0.1, 0.15) is 69.9 Å². The topological polar surface area (TPSA) is 62.0 Å². The van der Waals surface area contributed by atoms with Crippen molar-refractivity contribution in [1.29, 1.82) is 0 Å². The number of carbonyl (C=O) groups is 2. The Kier molecular flexibility index (Phi) is 4.73. The maximum atomic E-state index is 12.7. The van der Waals surface area contributed by atoms with Crippen molar-refractivity contribution in [1.82, 2.24) is 4.98 Å². The van der Waals surface area contributed by atoms with Crippen molar-refractivity contribution < 1.29 is 9.59 Å². The van der Waals surface area contributed by atoms with Gasteiger partial charge in [0.05, 0.1) is 0 Å². The first kappa shape index (κ1) is 17.0. The molecule has 1 amide bonds. The zero-order valence-electron chi connectivity index (χ0n) is 14.6. The van der Waals surface area contributed by atoms with Gasteiger partial charge in [0, 0.05) is 16.9 Å². The van der Waals surface area contributed by atoms with Crippen LogP contribution in [-0.4, -0.2) is 16.7 Å². The van der Waals surface area contributed by atoms with E-state index in [1.165, 1.54) is 6.92 Å². The number of H-pyrrole nitrogens is 1. The Hall–Kier alpha value is -2.36. The molecule has 2 N–H and O–H groups in total. The predicted molar refractivity (Wildman–Crippen MR) is 93.5 cm³/mol. The number of Topliss-reactive ketones (excluding diaryl/α,β-unsaturated/α-hetero) is 1. The van der Waals surface area contributed by atoms with Gasteiger partial charge in [-0.05, 0) is 50.3 Å². The maximum Gasteiger partial charge on any atom is 0.272 e. The third kappa shape index (κ3) is 3.21. The van der Waals surface area contributed by atoms with Crippen molar-refractivity contribution in [2.75, 3.05) is 5.32 Å². The minimum atomic E-state index is -0.214. The van der Waals surface area contributed by atoms with E-state index in [-0.39, 0.29) is 11.7 Å². The van der Waals surface area contributed by atoms with Crippen molar-refractivity contribution in [3.05, 3.63) is 51.8 Å². The van der Waals surface area contributed by atoms with E-state index < -0.39 is 0 Å². The van der Waals surface area contributed by atoms with Gasteiger partial charge in [0.2, 0.25) is 0 Å². The highest BCUT2D eigenvalue weighted by Gasteiger charge is 2.21. The van der Waals surface area contributed by atoms with E-state index in [0.29, 0.717) is 22.7 Å².